The summed E-state index contributed by atoms with van der Waals surface area (Å²) in [6.45, 7) is 0.809. The van der Waals surface area contributed by atoms with E-state index in [9.17, 15) is 8.42 Å². The van der Waals surface area contributed by atoms with Crippen molar-refractivity contribution in [3.05, 3.63) is 21.9 Å². The van der Waals surface area contributed by atoms with Gasteiger partial charge in [0.2, 0.25) is 10.0 Å². The van der Waals surface area contributed by atoms with Crippen molar-refractivity contribution in [3.63, 3.8) is 0 Å². The molecule has 21 heavy (non-hydrogen) atoms. The van der Waals surface area contributed by atoms with Crippen LogP contribution in [0.25, 0.3) is 0 Å². The van der Waals surface area contributed by atoms with E-state index in [1.807, 2.05) is 11.4 Å². The molecule has 116 valence electrons. The van der Waals surface area contributed by atoms with Gasteiger partial charge in [0.05, 0.1) is 11.9 Å². The van der Waals surface area contributed by atoms with Crippen LogP contribution in [-0.4, -0.2) is 49.9 Å². The summed E-state index contributed by atoms with van der Waals surface area (Å²) in [6.07, 6.45) is 1.57. The second-order valence-electron chi connectivity index (χ2n) is 4.93. The summed E-state index contributed by atoms with van der Waals surface area (Å²) < 4.78 is 31.3. The molecule has 1 unspecified atom stereocenters. The molecule has 1 aliphatic heterocycles. The van der Waals surface area contributed by atoms with E-state index < -0.39 is 10.0 Å². The number of ether oxygens (including phenoxy) is 1. The Hall–Kier alpha value is -0.910. The Kier molecular flexibility index (Phi) is 5.79. The maximum absolute atomic E-state index is 12.3. The minimum absolute atomic E-state index is 0.0477. The van der Waals surface area contributed by atoms with Gasteiger partial charge in [0.25, 0.3) is 0 Å². The smallest absolute Gasteiger partial charge is 0.216 e. The predicted molar refractivity (Wildman–Crippen MR) is 82.5 cm³/mol. The first-order valence-electron chi connectivity index (χ1n) is 6.74. The molecule has 1 aromatic heterocycles. The van der Waals surface area contributed by atoms with Gasteiger partial charge in [-0.3, -0.25) is 0 Å². The van der Waals surface area contributed by atoms with Crippen molar-refractivity contribution in [2.75, 3.05) is 26.0 Å². The molecular weight excluding hydrogens is 310 g/mol. The lowest BCUT2D eigenvalue weighted by Crippen LogP contribution is -2.33. The molecule has 1 N–H and O–H groups in total. The summed E-state index contributed by atoms with van der Waals surface area (Å²) in [5, 5.41) is 10.5. The first-order chi connectivity index (χ1) is 10.0. The molecule has 2 rings (SSSR count). The summed E-state index contributed by atoms with van der Waals surface area (Å²) in [7, 11) is -1.72. The van der Waals surface area contributed by atoms with Crippen molar-refractivity contribution >= 4 is 21.4 Å². The van der Waals surface area contributed by atoms with E-state index in [2.05, 4.69) is 11.8 Å². The second-order valence-corrected chi connectivity index (χ2v) is 8.05. The molecule has 0 aromatic carbocycles. The van der Waals surface area contributed by atoms with Crippen LogP contribution in [0.5, 0.6) is 0 Å². The number of hydrogen-bond donors (Lipinski definition) is 1. The van der Waals surface area contributed by atoms with Crippen LogP contribution >= 0.6 is 11.3 Å². The van der Waals surface area contributed by atoms with Gasteiger partial charge in [-0.25, -0.2) is 8.42 Å². The van der Waals surface area contributed by atoms with Gasteiger partial charge >= 0.3 is 0 Å². The summed E-state index contributed by atoms with van der Waals surface area (Å²) in [6, 6.07) is 1.85. The Balaban J connectivity index is 1.96. The first kappa shape index (κ1) is 16.5. The highest BCUT2D eigenvalue weighted by Gasteiger charge is 2.26. The zero-order chi connectivity index (χ0) is 15.3. The molecule has 0 radical (unpaired) electrons. The Morgan fingerprint density at radius 3 is 3.05 bits per heavy atom. The standard InChI is InChI=1S/C14H19NO4S2/c1-15(21(17,18)11-13-5-3-7-19-13)9-14-8-12(10-20-14)4-2-6-16/h8,10,13,16H,3,5-7,9,11H2,1H3. The number of hydrogen-bond acceptors (Lipinski definition) is 5. The van der Waals surface area contributed by atoms with Gasteiger partial charge in [0, 0.05) is 36.0 Å². The number of aliphatic hydroxyl groups excluding tert-OH is 1. The highest BCUT2D eigenvalue weighted by Crippen LogP contribution is 2.19. The van der Waals surface area contributed by atoms with Crippen molar-refractivity contribution < 1.29 is 18.3 Å². The van der Waals surface area contributed by atoms with Crippen molar-refractivity contribution in [2.24, 2.45) is 0 Å². The van der Waals surface area contributed by atoms with Gasteiger partial charge in [0.1, 0.15) is 6.61 Å². The van der Waals surface area contributed by atoms with Gasteiger partial charge in [-0.1, -0.05) is 11.8 Å². The topological polar surface area (TPSA) is 66.8 Å². The number of thiophene rings is 1. The molecule has 1 atom stereocenters. The number of sulfonamides is 1. The minimum Gasteiger partial charge on any atom is -0.384 e. The Labute approximate surface area is 129 Å². The van der Waals surface area contributed by atoms with Crippen molar-refractivity contribution in [3.8, 4) is 11.8 Å². The molecule has 0 bridgehead atoms. The molecule has 0 saturated carbocycles. The van der Waals surface area contributed by atoms with Gasteiger partial charge in [-0.05, 0) is 18.9 Å². The predicted octanol–water partition coefficient (Wildman–Crippen LogP) is 1.03. The number of rotatable bonds is 5. The van der Waals surface area contributed by atoms with E-state index in [1.165, 1.54) is 15.6 Å². The second kappa shape index (κ2) is 7.38. The largest absolute Gasteiger partial charge is 0.384 e. The number of aliphatic hydroxyl groups is 1. The van der Waals surface area contributed by atoms with E-state index in [0.717, 1.165) is 23.3 Å². The Morgan fingerprint density at radius 2 is 2.38 bits per heavy atom. The fourth-order valence-corrected chi connectivity index (χ4v) is 4.40. The molecule has 7 heteroatoms. The van der Waals surface area contributed by atoms with Crippen LogP contribution in [-0.2, 0) is 21.3 Å². The van der Waals surface area contributed by atoms with E-state index in [4.69, 9.17) is 9.84 Å². The molecule has 1 aromatic rings. The zero-order valence-electron chi connectivity index (χ0n) is 11.9. The molecule has 1 fully saturated rings. The summed E-state index contributed by atoms with van der Waals surface area (Å²) in [5.74, 6) is 5.43. The maximum atomic E-state index is 12.3. The van der Waals surface area contributed by atoms with Crippen molar-refractivity contribution in [2.45, 2.75) is 25.5 Å². The molecule has 1 saturated heterocycles. The summed E-state index contributed by atoms with van der Waals surface area (Å²) in [4.78, 5) is 0.927. The lowest BCUT2D eigenvalue weighted by Gasteiger charge is -2.18. The highest BCUT2D eigenvalue weighted by atomic mass is 32.2. The highest BCUT2D eigenvalue weighted by molar-refractivity contribution is 7.89. The lowest BCUT2D eigenvalue weighted by atomic mass is 10.3. The normalized spacial score (nSPS) is 18.7. The van der Waals surface area contributed by atoms with Crippen LogP contribution in [0.4, 0.5) is 0 Å². The average Bonchev–Trinajstić information content (AvgIpc) is 3.07. The SMILES string of the molecule is CN(Cc1cc(C#CCO)cs1)S(=O)(=O)CC1CCCO1. The van der Waals surface area contributed by atoms with E-state index in [1.54, 1.807) is 7.05 Å². The Morgan fingerprint density at radius 1 is 1.57 bits per heavy atom. The molecule has 0 spiro atoms. The molecule has 1 aliphatic rings. The van der Waals surface area contributed by atoms with E-state index in [0.29, 0.717) is 13.2 Å². The molecule has 0 aliphatic carbocycles. The number of nitrogens with zero attached hydrogens (tertiary/aromatic N) is 1. The first-order valence-corrected chi connectivity index (χ1v) is 9.23. The van der Waals surface area contributed by atoms with Crippen molar-refractivity contribution in [1.29, 1.82) is 0 Å². The van der Waals surface area contributed by atoms with Crippen LogP contribution in [0.3, 0.4) is 0 Å². The third-order valence-corrected chi connectivity index (χ3v) is 6.03. The fraction of sp³-hybridized carbons (Fsp3) is 0.571. The summed E-state index contributed by atoms with van der Waals surface area (Å²) >= 11 is 1.47. The van der Waals surface area contributed by atoms with Gasteiger partial charge in [0.15, 0.2) is 0 Å². The van der Waals surface area contributed by atoms with Crippen LogP contribution in [0, 0.1) is 11.8 Å². The monoisotopic (exact) mass is 329 g/mol. The zero-order valence-corrected chi connectivity index (χ0v) is 13.5. The van der Waals surface area contributed by atoms with Crippen LogP contribution < -0.4 is 0 Å². The molecule has 0 amide bonds. The molecule has 2 heterocycles. The fourth-order valence-electron chi connectivity index (χ4n) is 2.13. The van der Waals surface area contributed by atoms with Crippen molar-refractivity contribution in [1.82, 2.24) is 4.31 Å². The average molecular weight is 329 g/mol. The van der Waals surface area contributed by atoms with Crippen LogP contribution in [0.1, 0.15) is 23.3 Å². The van der Waals surface area contributed by atoms with E-state index >= 15 is 0 Å². The molecular formula is C14H19NO4S2. The lowest BCUT2D eigenvalue weighted by molar-refractivity contribution is 0.126. The van der Waals surface area contributed by atoms with Gasteiger partial charge in [-0.15, -0.1) is 11.3 Å². The van der Waals surface area contributed by atoms with E-state index in [-0.39, 0.29) is 18.5 Å². The quantitative estimate of drug-likeness (QED) is 0.820. The van der Waals surface area contributed by atoms with Gasteiger partial charge < -0.3 is 9.84 Å². The van der Waals surface area contributed by atoms with Crippen LogP contribution in [0.15, 0.2) is 11.4 Å². The maximum Gasteiger partial charge on any atom is 0.216 e. The van der Waals surface area contributed by atoms with Gasteiger partial charge in [-0.2, -0.15) is 4.31 Å². The minimum atomic E-state index is -3.31. The third kappa shape index (κ3) is 4.80. The molecule has 5 nitrogen and oxygen atoms in total. The summed E-state index contributed by atoms with van der Waals surface area (Å²) in [5.41, 5.74) is 0.800. The third-order valence-electron chi connectivity index (χ3n) is 3.24. The Bertz CT molecular complexity index is 621. The van der Waals surface area contributed by atoms with Crippen LogP contribution in [0.2, 0.25) is 0 Å².